The summed E-state index contributed by atoms with van der Waals surface area (Å²) in [6, 6.07) is 6.48. The van der Waals surface area contributed by atoms with Crippen molar-refractivity contribution in [3.63, 3.8) is 0 Å². The molecule has 0 bridgehead atoms. The minimum atomic E-state index is -3.24. The maximum Gasteiger partial charge on any atom is 0.175 e. The molecule has 2 aliphatic heterocycles. The maximum absolute atomic E-state index is 11.6. The van der Waals surface area contributed by atoms with Crippen LogP contribution in [-0.4, -0.2) is 50.9 Å². The van der Waals surface area contributed by atoms with Gasteiger partial charge in [0.25, 0.3) is 0 Å². The zero-order chi connectivity index (χ0) is 18.0. The Morgan fingerprint density at radius 1 is 1.24 bits per heavy atom. The number of aliphatic hydroxyl groups is 1. The van der Waals surface area contributed by atoms with E-state index in [0.717, 1.165) is 32.4 Å². The first kappa shape index (κ1) is 18.6. The SMILES string of the molecule is CS(=O)(=O)c1cccc(OCCC[C@@]2(O)CCC3(CCNCC3)O2)c1. The number of nitrogens with one attached hydrogen (secondary N) is 1. The van der Waals surface area contributed by atoms with Gasteiger partial charge in [0.05, 0.1) is 17.1 Å². The van der Waals surface area contributed by atoms with Gasteiger partial charge in [-0.3, -0.25) is 0 Å². The van der Waals surface area contributed by atoms with Gasteiger partial charge in [-0.05, 0) is 57.0 Å². The van der Waals surface area contributed by atoms with Crippen molar-refractivity contribution in [1.29, 1.82) is 0 Å². The number of piperidine rings is 1. The molecule has 0 amide bonds. The minimum absolute atomic E-state index is 0.162. The molecule has 2 saturated heterocycles. The van der Waals surface area contributed by atoms with Crippen molar-refractivity contribution in [2.75, 3.05) is 26.0 Å². The van der Waals surface area contributed by atoms with E-state index in [4.69, 9.17) is 9.47 Å². The van der Waals surface area contributed by atoms with E-state index in [1.165, 1.54) is 12.3 Å². The fraction of sp³-hybridized carbons (Fsp3) is 0.667. The van der Waals surface area contributed by atoms with Crippen LogP contribution < -0.4 is 10.1 Å². The number of benzene rings is 1. The first-order valence-electron chi connectivity index (χ1n) is 8.87. The van der Waals surface area contributed by atoms with E-state index in [1.807, 2.05) is 0 Å². The summed E-state index contributed by atoms with van der Waals surface area (Å²) in [7, 11) is -3.24. The molecule has 0 unspecified atom stereocenters. The zero-order valence-corrected chi connectivity index (χ0v) is 15.5. The van der Waals surface area contributed by atoms with Gasteiger partial charge < -0.3 is 19.9 Å². The summed E-state index contributed by atoms with van der Waals surface area (Å²) in [5.41, 5.74) is -0.162. The van der Waals surface area contributed by atoms with Crippen molar-refractivity contribution in [2.45, 2.75) is 54.8 Å². The summed E-state index contributed by atoms with van der Waals surface area (Å²) in [6.07, 6.45) is 5.81. The van der Waals surface area contributed by atoms with Crippen molar-refractivity contribution in [3.8, 4) is 5.75 Å². The van der Waals surface area contributed by atoms with Crippen LogP contribution >= 0.6 is 0 Å². The molecular weight excluding hydrogens is 342 g/mol. The molecule has 0 radical (unpaired) electrons. The topological polar surface area (TPSA) is 84.9 Å². The first-order valence-corrected chi connectivity index (χ1v) is 10.8. The number of ether oxygens (including phenoxy) is 2. The highest BCUT2D eigenvalue weighted by Crippen LogP contribution is 2.43. The van der Waals surface area contributed by atoms with Crippen LogP contribution in [0, 0.1) is 0 Å². The number of hydrogen-bond donors (Lipinski definition) is 2. The number of hydrogen-bond acceptors (Lipinski definition) is 6. The second-order valence-corrected chi connectivity index (χ2v) is 9.20. The summed E-state index contributed by atoms with van der Waals surface area (Å²) in [5.74, 6) is -0.535. The maximum atomic E-state index is 11.6. The fourth-order valence-corrected chi connectivity index (χ4v) is 4.33. The lowest BCUT2D eigenvalue weighted by atomic mass is 9.89. The Hall–Kier alpha value is -1.15. The summed E-state index contributed by atoms with van der Waals surface area (Å²) in [4.78, 5) is 0.246. The molecule has 2 heterocycles. The Balaban J connectivity index is 1.47. The van der Waals surface area contributed by atoms with Gasteiger partial charge >= 0.3 is 0 Å². The zero-order valence-electron chi connectivity index (χ0n) is 14.7. The van der Waals surface area contributed by atoms with Gasteiger partial charge in [0.15, 0.2) is 15.6 Å². The van der Waals surface area contributed by atoms with Crippen molar-refractivity contribution in [2.24, 2.45) is 0 Å². The van der Waals surface area contributed by atoms with Crippen LogP contribution in [0.15, 0.2) is 29.2 Å². The van der Waals surface area contributed by atoms with Crippen LogP contribution in [0.3, 0.4) is 0 Å². The highest BCUT2D eigenvalue weighted by atomic mass is 32.2. The van der Waals surface area contributed by atoms with Crippen LogP contribution in [0.5, 0.6) is 5.75 Å². The molecule has 2 N–H and O–H groups in total. The van der Waals surface area contributed by atoms with Crippen molar-refractivity contribution < 1.29 is 23.0 Å². The van der Waals surface area contributed by atoms with Crippen LogP contribution in [0.4, 0.5) is 0 Å². The molecule has 1 aromatic rings. The molecule has 6 nitrogen and oxygen atoms in total. The second kappa shape index (κ2) is 7.23. The van der Waals surface area contributed by atoms with Crippen molar-refractivity contribution in [3.05, 3.63) is 24.3 Å². The lowest BCUT2D eigenvalue weighted by molar-refractivity contribution is -0.232. The molecule has 0 saturated carbocycles. The smallest absolute Gasteiger partial charge is 0.175 e. The Labute approximate surface area is 149 Å². The molecule has 1 aromatic carbocycles. The standard InChI is InChI=1S/C18H27NO5S/c1-25(21,22)16-5-2-4-15(14-16)23-13-3-6-18(20)8-7-17(24-18)9-11-19-12-10-17/h2,4-5,14,19-20H,3,6-13H2,1H3/t18-/m0/s1. The average molecular weight is 369 g/mol. The highest BCUT2D eigenvalue weighted by molar-refractivity contribution is 7.90. The molecule has 3 rings (SSSR count). The monoisotopic (exact) mass is 369 g/mol. The van der Waals surface area contributed by atoms with E-state index < -0.39 is 15.6 Å². The van der Waals surface area contributed by atoms with Crippen LogP contribution in [0.25, 0.3) is 0 Å². The van der Waals surface area contributed by atoms with Crippen LogP contribution in [-0.2, 0) is 14.6 Å². The molecule has 1 atom stereocenters. The van der Waals surface area contributed by atoms with E-state index >= 15 is 0 Å². The minimum Gasteiger partial charge on any atom is -0.494 e. The third kappa shape index (κ3) is 4.73. The van der Waals surface area contributed by atoms with Crippen molar-refractivity contribution in [1.82, 2.24) is 5.32 Å². The van der Waals surface area contributed by atoms with E-state index in [0.29, 0.717) is 31.6 Å². The summed E-state index contributed by atoms with van der Waals surface area (Å²) >= 11 is 0. The van der Waals surface area contributed by atoms with Gasteiger partial charge in [-0.15, -0.1) is 0 Å². The van der Waals surface area contributed by atoms with Crippen LogP contribution in [0.2, 0.25) is 0 Å². The van der Waals surface area contributed by atoms with Gasteiger partial charge in [0.1, 0.15) is 5.75 Å². The van der Waals surface area contributed by atoms with E-state index in [9.17, 15) is 13.5 Å². The third-order valence-corrected chi connectivity index (χ3v) is 6.22. The predicted octanol–water partition coefficient (Wildman–Crippen LogP) is 1.87. The molecule has 1 spiro atoms. The Morgan fingerprint density at radius 2 is 2.00 bits per heavy atom. The number of rotatable bonds is 6. The van der Waals surface area contributed by atoms with E-state index in [2.05, 4.69) is 5.32 Å². The van der Waals surface area contributed by atoms with E-state index in [-0.39, 0.29) is 10.5 Å². The number of sulfone groups is 1. The Bertz CT molecular complexity index is 699. The molecule has 2 fully saturated rings. The van der Waals surface area contributed by atoms with Gasteiger partial charge in [0, 0.05) is 19.1 Å². The normalized spacial score (nSPS) is 26.0. The molecule has 140 valence electrons. The highest BCUT2D eigenvalue weighted by Gasteiger charge is 2.48. The molecule has 25 heavy (non-hydrogen) atoms. The molecule has 0 aromatic heterocycles. The summed E-state index contributed by atoms with van der Waals surface area (Å²) in [6.45, 7) is 2.29. The predicted molar refractivity (Wildman–Crippen MR) is 94.4 cm³/mol. The van der Waals surface area contributed by atoms with Gasteiger partial charge in [-0.2, -0.15) is 0 Å². The third-order valence-electron chi connectivity index (χ3n) is 5.11. The average Bonchev–Trinajstić information content (AvgIpc) is 2.89. The van der Waals surface area contributed by atoms with Gasteiger partial charge in [-0.1, -0.05) is 6.07 Å². The second-order valence-electron chi connectivity index (χ2n) is 7.18. The molecule has 0 aliphatic carbocycles. The fourth-order valence-electron chi connectivity index (χ4n) is 3.67. The molecule has 2 aliphatic rings. The largest absolute Gasteiger partial charge is 0.494 e. The summed E-state index contributed by atoms with van der Waals surface area (Å²) in [5, 5.41) is 14.0. The lowest BCUT2D eigenvalue weighted by Crippen LogP contribution is -2.44. The van der Waals surface area contributed by atoms with E-state index in [1.54, 1.807) is 18.2 Å². The molecular formula is C18H27NO5S. The van der Waals surface area contributed by atoms with Gasteiger partial charge in [-0.25, -0.2) is 8.42 Å². The van der Waals surface area contributed by atoms with Crippen molar-refractivity contribution >= 4 is 9.84 Å². The Morgan fingerprint density at radius 3 is 2.72 bits per heavy atom. The van der Waals surface area contributed by atoms with Gasteiger partial charge in [0.2, 0.25) is 0 Å². The first-order chi connectivity index (χ1) is 11.8. The lowest BCUT2D eigenvalue weighted by Gasteiger charge is -2.35. The summed E-state index contributed by atoms with van der Waals surface area (Å²) < 4.78 is 34.9. The quantitative estimate of drug-likeness (QED) is 0.745. The molecule has 7 heteroatoms. The van der Waals surface area contributed by atoms with Crippen LogP contribution in [0.1, 0.15) is 38.5 Å². The Kier molecular flexibility index (Phi) is 5.39.